The van der Waals surface area contributed by atoms with Gasteiger partial charge < -0.3 is 10.5 Å². The standard InChI is InChI=1S/C18H20N4O/c1-11-5-6-14(19)9-17(11)22-10-16(20-21-22)15-7-12(2)13(3)8-18(15)23-4/h5-10H,19H2,1-4H3. The number of hydrogen-bond donors (Lipinski definition) is 1. The molecule has 0 aliphatic rings. The van der Waals surface area contributed by atoms with Gasteiger partial charge in [0.1, 0.15) is 11.4 Å². The number of nitrogen functional groups attached to an aromatic ring is 1. The fourth-order valence-corrected chi connectivity index (χ4v) is 2.54. The average molecular weight is 308 g/mol. The van der Waals surface area contributed by atoms with E-state index in [-0.39, 0.29) is 0 Å². The second-order valence-corrected chi connectivity index (χ2v) is 5.73. The van der Waals surface area contributed by atoms with Gasteiger partial charge in [-0.15, -0.1) is 5.10 Å². The zero-order valence-corrected chi connectivity index (χ0v) is 13.8. The summed E-state index contributed by atoms with van der Waals surface area (Å²) >= 11 is 0. The highest BCUT2D eigenvalue weighted by atomic mass is 16.5. The van der Waals surface area contributed by atoms with Crippen LogP contribution in [0.15, 0.2) is 36.5 Å². The first-order valence-electron chi connectivity index (χ1n) is 7.44. The maximum absolute atomic E-state index is 5.88. The summed E-state index contributed by atoms with van der Waals surface area (Å²) in [5.74, 6) is 0.796. The van der Waals surface area contributed by atoms with Gasteiger partial charge in [-0.25, -0.2) is 4.68 Å². The van der Waals surface area contributed by atoms with Crippen LogP contribution in [-0.2, 0) is 0 Å². The van der Waals surface area contributed by atoms with Crippen molar-refractivity contribution in [2.45, 2.75) is 20.8 Å². The third-order valence-corrected chi connectivity index (χ3v) is 4.07. The van der Waals surface area contributed by atoms with Gasteiger partial charge in [-0.2, -0.15) is 0 Å². The number of anilines is 1. The van der Waals surface area contributed by atoms with Crippen LogP contribution in [0.25, 0.3) is 16.9 Å². The van der Waals surface area contributed by atoms with Crippen LogP contribution in [-0.4, -0.2) is 22.1 Å². The third kappa shape index (κ3) is 2.77. The molecule has 3 aromatic rings. The van der Waals surface area contributed by atoms with Gasteiger partial charge in [0.15, 0.2) is 0 Å². The Kier molecular flexibility index (Phi) is 3.78. The molecule has 0 radical (unpaired) electrons. The Balaban J connectivity index is 2.09. The van der Waals surface area contributed by atoms with Gasteiger partial charge in [-0.1, -0.05) is 11.3 Å². The molecule has 0 atom stereocenters. The van der Waals surface area contributed by atoms with Crippen LogP contribution in [0, 0.1) is 20.8 Å². The molecule has 0 amide bonds. The molecular weight excluding hydrogens is 288 g/mol. The fraction of sp³-hybridized carbons (Fsp3) is 0.222. The molecular formula is C18H20N4O. The Morgan fingerprint density at radius 1 is 1.00 bits per heavy atom. The summed E-state index contributed by atoms with van der Waals surface area (Å²) in [4.78, 5) is 0. The van der Waals surface area contributed by atoms with E-state index in [0.717, 1.165) is 28.3 Å². The van der Waals surface area contributed by atoms with Crippen LogP contribution in [0.5, 0.6) is 5.75 Å². The van der Waals surface area contributed by atoms with Crippen LogP contribution in [0.4, 0.5) is 5.69 Å². The van der Waals surface area contributed by atoms with Crippen molar-refractivity contribution in [3.8, 4) is 22.7 Å². The first kappa shape index (κ1) is 15.1. The lowest BCUT2D eigenvalue weighted by atomic mass is 10.0. The Hall–Kier alpha value is -2.82. The minimum Gasteiger partial charge on any atom is -0.496 e. The molecule has 0 spiro atoms. The van der Waals surface area contributed by atoms with E-state index in [4.69, 9.17) is 10.5 Å². The van der Waals surface area contributed by atoms with E-state index in [1.165, 1.54) is 11.1 Å². The minimum absolute atomic E-state index is 0.700. The SMILES string of the molecule is COc1cc(C)c(C)cc1-c1cn(-c2cc(N)ccc2C)nn1. The van der Waals surface area contributed by atoms with Crippen LogP contribution < -0.4 is 10.5 Å². The average Bonchev–Trinajstić information content (AvgIpc) is 3.01. The molecule has 1 aromatic heterocycles. The van der Waals surface area contributed by atoms with E-state index >= 15 is 0 Å². The molecule has 1 heterocycles. The second kappa shape index (κ2) is 5.76. The lowest BCUT2D eigenvalue weighted by Gasteiger charge is -2.09. The predicted molar refractivity (Wildman–Crippen MR) is 92.0 cm³/mol. The van der Waals surface area contributed by atoms with E-state index < -0.39 is 0 Å². The Morgan fingerprint density at radius 2 is 1.74 bits per heavy atom. The zero-order chi connectivity index (χ0) is 16.6. The summed E-state index contributed by atoms with van der Waals surface area (Å²) in [7, 11) is 1.67. The van der Waals surface area contributed by atoms with E-state index in [1.807, 2.05) is 37.4 Å². The molecule has 0 aliphatic heterocycles. The fourth-order valence-electron chi connectivity index (χ4n) is 2.54. The molecule has 0 bridgehead atoms. The second-order valence-electron chi connectivity index (χ2n) is 5.73. The molecule has 2 aromatic carbocycles. The first-order chi connectivity index (χ1) is 11.0. The van der Waals surface area contributed by atoms with Crippen molar-refractivity contribution in [1.29, 1.82) is 0 Å². The number of hydrogen-bond acceptors (Lipinski definition) is 4. The lowest BCUT2D eigenvalue weighted by Crippen LogP contribution is -1.99. The van der Waals surface area contributed by atoms with Crippen LogP contribution in [0.3, 0.4) is 0 Å². The van der Waals surface area contributed by atoms with E-state index in [9.17, 15) is 0 Å². The van der Waals surface area contributed by atoms with Crippen LogP contribution >= 0.6 is 0 Å². The van der Waals surface area contributed by atoms with Gasteiger partial charge in [-0.05, 0) is 61.7 Å². The van der Waals surface area contributed by atoms with Crippen molar-refractivity contribution in [1.82, 2.24) is 15.0 Å². The Labute approximate surface area is 135 Å². The van der Waals surface area contributed by atoms with Crippen molar-refractivity contribution in [3.05, 3.63) is 53.2 Å². The van der Waals surface area contributed by atoms with Gasteiger partial charge in [0.25, 0.3) is 0 Å². The van der Waals surface area contributed by atoms with E-state index in [0.29, 0.717) is 5.69 Å². The van der Waals surface area contributed by atoms with E-state index in [1.54, 1.807) is 11.8 Å². The minimum atomic E-state index is 0.700. The monoisotopic (exact) mass is 308 g/mol. The molecule has 0 saturated heterocycles. The molecule has 3 rings (SSSR count). The molecule has 2 N–H and O–H groups in total. The molecule has 5 nitrogen and oxygen atoms in total. The third-order valence-electron chi connectivity index (χ3n) is 4.07. The largest absolute Gasteiger partial charge is 0.496 e. The highest BCUT2D eigenvalue weighted by Gasteiger charge is 2.13. The topological polar surface area (TPSA) is 66.0 Å². The number of rotatable bonds is 3. The number of aromatic nitrogens is 3. The van der Waals surface area contributed by atoms with Crippen molar-refractivity contribution in [3.63, 3.8) is 0 Å². The van der Waals surface area contributed by atoms with Crippen molar-refractivity contribution in [2.24, 2.45) is 0 Å². The molecule has 118 valence electrons. The summed E-state index contributed by atoms with van der Waals surface area (Å²) in [5.41, 5.74) is 12.7. The van der Waals surface area contributed by atoms with Gasteiger partial charge in [0.05, 0.1) is 19.0 Å². The summed E-state index contributed by atoms with van der Waals surface area (Å²) in [5, 5.41) is 8.55. The van der Waals surface area contributed by atoms with Crippen LogP contribution in [0.1, 0.15) is 16.7 Å². The van der Waals surface area contributed by atoms with Crippen molar-refractivity contribution >= 4 is 5.69 Å². The molecule has 23 heavy (non-hydrogen) atoms. The van der Waals surface area contributed by atoms with Gasteiger partial charge >= 0.3 is 0 Å². The molecule has 0 unspecified atom stereocenters. The highest BCUT2D eigenvalue weighted by Crippen LogP contribution is 2.31. The number of methoxy groups -OCH3 is 1. The summed E-state index contributed by atoms with van der Waals surface area (Å²) < 4.78 is 7.24. The molecule has 0 aliphatic carbocycles. The summed E-state index contributed by atoms with van der Waals surface area (Å²) in [6, 6.07) is 9.85. The Bertz CT molecular complexity index is 867. The summed E-state index contributed by atoms with van der Waals surface area (Å²) in [6.07, 6.45) is 1.90. The number of benzene rings is 2. The van der Waals surface area contributed by atoms with Crippen molar-refractivity contribution in [2.75, 3.05) is 12.8 Å². The Morgan fingerprint density at radius 3 is 2.48 bits per heavy atom. The van der Waals surface area contributed by atoms with Gasteiger partial charge in [0.2, 0.25) is 0 Å². The molecule has 0 fully saturated rings. The predicted octanol–water partition coefficient (Wildman–Crippen LogP) is 3.45. The number of nitrogens with zero attached hydrogens (tertiary/aromatic N) is 3. The lowest BCUT2D eigenvalue weighted by molar-refractivity contribution is 0.416. The maximum Gasteiger partial charge on any atom is 0.128 e. The molecule has 5 heteroatoms. The van der Waals surface area contributed by atoms with Crippen molar-refractivity contribution < 1.29 is 4.74 Å². The van der Waals surface area contributed by atoms with Gasteiger partial charge in [0, 0.05) is 11.3 Å². The maximum atomic E-state index is 5.88. The smallest absolute Gasteiger partial charge is 0.128 e. The highest BCUT2D eigenvalue weighted by molar-refractivity contribution is 5.68. The summed E-state index contributed by atoms with van der Waals surface area (Å²) in [6.45, 7) is 6.16. The zero-order valence-electron chi connectivity index (χ0n) is 13.8. The quantitative estimate of drug-likeness (QED) is 0.753. The van der Waals surface area contributed by atoms with Crippen LogP contribution in [0.2, 0.25) is 0 Å². The number of ether oxygens (including phenoxy) is 1. The normalized spacial score (nSPS) is 10.8. The van der Waals surface area contributed by atoms with E-state index in [2.05, 4.69) is 30.2 Å². The number of aryl methyl sites for hydroxylation is 3. The number of nitrogens with two attached hydrogens (primary N) is 1. The molecule has 0 saturated carbocycles. The first-order valence-corrected chi connectivity index (χ1v) is 7.44. The van der Waals surface area contributed by atoms with Gasteiger partial charge in [-0.3, -0.25) is 0 Å².